The molecule has 1 aromatic carbocycles. The molecule has 2 aromatic rings. The summed E-state index contributed by atoms with van der Waals surface area (Å²) in [7, 11) is 0. The van der Waals surface area contributed by atoms with Crippen LogP contribution in [0.2, 0.25) is 0 Å². The van der Waals surface area contributed by atoms with Gasteiger partial charge in [0.2, 0.25) is 5.91 Å². The lowest BCUT2D eigenvalue weighted by molar-refractivity contribution is -0.140. The van der Waals surface area contributed by atoms with Crippen LogP contribution in [-0.4, -0.2) is 27.5 Å². The maximum atomic E-state index is 13.8. The summed E-state index contributed by atoms with van der Waals surface area (Å²) in [6.07, 6.45) is 0. The summed E-state index contributed by atoms with van der Waals surface area (Å²) in [5.41, 5.74) is 0.934. The number of anilines is 1. The summed E-state index contributed by atoms with van der Waals surface area (Å²) < 4.78 is 13.8. The standard InChI is InChI=1S/C17H17FN4O2/c1-17(2,3)16(24)22-6-11-14-12(7-22)20-21-15(23)9-4-8(18)5-10(19-11)13(9)14/h4-5,11,19H,6-7H2,1-3H3. The lowest BCUT2D eigenvalue weighted by atomic mass is 9.92. The van der Waals surface area contributed by atoms with E-state index in [9.17, 15) is 14.0 Å². The second-order valence-corrected chi connectivity index (χ2v) is 7.37. The van der Waals surface area contributed by atoms with Gasteiger partial charge < -0.3 is 10.2 Å². The van der Waals surface area contributed by atoms with Crippen LogP contribution in [0.3, 0.4) is 0 Å². The number of carbonyl (C=O) groups is 1. The molecule has 0 radical (unpaired) electrons. The van der Waals surface area contributed by atoms with Crippen molar-refractivity contribution in [2.45, 2.75) is 33.4 Å². The number of halogens is 1. The van der Waals surface area contributed by atoms with Crippen molar-refractivity contribution in [3.63, 3.8) is 0 Å². The molecule has 7 heteroatoms. The molecule has 0 saturated carbocycles. The van der Waals surface area contributed by atoms with Gasteiger partial charge in [-0.1, -0.05) is 20.8 Å². The van der Waals surface area contributed by atoms with Gasteiger partial charge in [0, 0.05) is 28.6 Å². The van der Waals surface area contributed by atoms with Crippen molar-refractivity contribution in [1.29, 1.82) is 0 Å². The lowest BCUT2D eigenvalue weighted by Gasteiger charge is -2.35. The normalized spacial score (nSPS) is 18.7. The van der Waals surface area contributed by atoms with E-state index in [0.29, 0.717) is 29.9 Å². The van der Waals surface area contributed by atoms with Gasteiger partial charge in [-0.3, -0.25) is 9.59 Å². The summed E-state index contributed by atoms with van der Waals surface area (Å²) in [5, 5.41) is 11.9. The first-order chi connectivity index (χ1) is 11.3. The molecular weight excluding hydrogens is 311 g/mol. The van der Waals surface area contributed by atoms with Crippen LogP contribution in [0.1, 0.15) is 38.1 Å². The van der Waals surface area contributed by atoms with Crippen LogP contribution in [0.25, 0.3) is 10.8 Å². The van der Waals surface area contributed by atoms with Gasteiger partial charge in [0.05, 0.1) is 23.7 Å². The van der Waals surface area contributed by atoms with Crippen LogP contribution in [-0.2, 0) is 11.3 Å². The molecular formula is C17H17FN4O2. The minimum Gasteiger partial charge on any atom is -0.376 e. The first-order valence-electron chi connectivity index (χ1n) is 7.84. The summed E-state index contributed by atoms with van der Waals surface area (Å²) in [4.78, 5) is 26.5. The Kier molecular flexibility index (Phi) is 2.95. The highest BCUT2D eigenvalue weighted by atomic mass is 19.1. The van der Waals surface area contributed by atoms with Crippen molar-refractivity contribution >= 4 is 22.4 Å². The molecule has 24 heavy (non-hydrogen) atoms. The zero-order valence-electron chi connectivity index (χ0n) is 13.7. The van der Waals surface area contributed by atoms with Crippen molar-refractivity contribution in [3.05, 3.63) is 39.6 Å². The van der Waals surface area contributed by atoms with Crippen molar-refractivity contribution in [2.75, 3.05) is 11.9 Å². The number of hydrogen-bond donors (Lipinski definition) is 1. The van der Waals surface area contributed by atoms with Gasteiger partial charge in [-0.2, -0.15) is 0 Å². The first-order valence-corrected chi connectivity index (χ1v) is 7.84. The fourth-order valence-corrected chi connectivity index (χ4v) is 3.52. The second kappa shape index (κ2) is 4.72. The number of amides is 1. The van der Waals surface area contributed by atoms with Crippen molar-refractivity contribution in [2.24, 2.45) is 5.41 Å². The summed E-state index contributed by atoms with van der Waals surface area (Å²) in [5.74, 6) is -0.492. The van der Waals surface area contributed by atoms with Gasteiger partial charge in [0.25, 0.3) is 5.56 Å². The van der Waals surface area contributed by atoms with Crippen molar-refractivity contribution < 1.29 is 9.18 Å². The smallest absolute Gasteiger partial charge is 0.296 e. The highest BCUT2D eigenvalue weighted by Crippen LogP contribution is 2.42. The van der Waals surface area contributed by atoms with Gasteiger partial charge >= 0.3 is 0 Å². The maximum absolute atomic E-state index is 13.8. The largest absolute Gasteiger partial charge is 0.376 e. The van der Waals surface area contributed by atoms with Crippen LogP contribution in [0.4, 0.5) is 10.1 Å². The molecule has 0 saturated heterocycles. The molecule has 4 rings (SSSR count). The summed E-state index contributed by atoms with van der Waals surface area (Å²) >= 11 is 0. The third-order valence-corrected chi connectivity index (χ3v) is 4.53. The molecule has 2 aliphatic rings. The monoisotopic (exact) mass is 328 g/mol. The van der Waals surface area contributed by atoms with Crippen LogP contribution < -0.4 is 10.9 Å². The molecule has 124 valence electrons. The minimum absolute atomic E-state index is 0.00369. The molecule has 1 amide bonds. The quantitative estimate of drug-likeness (QED) is 0.800. The van der Waals surface area contributed by atoms with E-state index in [1.165, 1.54) is 12.1 Å². The summed E-state index contributed by atoms with van der Waals surface area (Å²) in [6.45, 7) is 6.34. The molecule has 1 aromatic heterocycles. The first kappa shape index (κ1) is 15.0. The third kappa shape index (κ3) is 2.07. The Bertz CT molecular complexity index is 952. The van der Waals surface area contributed by atoms with E-state index in [1.54, 1.807) is 4.90 Å². The third-order valence-electron chi connectivity index (χ3n) is 4.53. The Morgan fingerprint density at radius 1 is 1.33 bits per heavy atom. The van der Waals surface area contributed by atoms with Gasteiger partial charge in [0.1, 0.15) is 5.82 Å². The molecule has 0 aliphatic carbocycles. The van der Waals surface area contributed by atoms with Crippen LogP contribution in [0, 0.1) is 11.2 Å². The lowest BCUT2D eigenvalue weighted by Crippen LogP contribution is -2.44. The van der Waals surface area contributed by atoms with E-state index < -0.39 is 16.8 Å². The highest BCUT2D eigenvalue weighted by Gasteiger charge is 2.38. The average Bonchev–Trinajstić information content (AvgIpc) is 2.80. The number of nitrogens with zero attached hydrogens (tertiary/aromatic N) is 3. The minimum atomic E-state index is -0.559. The number of hydrogen-bond acceptors (Lipinski definition) is 5. The highest BCUT2D eigenvalue weighted by molar-refractivity contribution is 6.00. The molecule has 1 unspecified atom stereocenters. The van der Waals surface area contributed by atoms with Crippen molar-refractivity contribution in [3.8, 4) is 0 Å². The zero-order chi connectivity index (χ0) is 17.2. The predicted molar refractivity (Wildman–Crippen MR) is 87.0 cm³/mol. The molecule has 3 heterocycles. The van der Waals surface area contributed by atoms with Gasteiger partial charge in [-0.25, -0.2) is 4.39 Å². The molecule has 0 bridgehead atoms. The average molecular weight is 328 g/mol. The Morgan fingerprint density at radius 3 is 2.79 bits per heavy atom. The Morgan fingerprint density at radius 2 is 2.08 bits per heavy atom. The van der Waals surface area contributed by atoms with Crippen LogP contribution in [0.15, 0.2) is 16.9 Å². The molecule has 1 N–H and O–H groups in total. The Balaban J connectivity index is 1.92. The Labute approximate surface area is 137 Å². The molecule has 2 aliphatic heterocycles. The number of rotatable bonds is 0. The molecule has 0 fully saturated rings. The fraction of sp³-hybridized carbons (Fsp3) is 0.412. The Hall–Kier alpha value is -2.57. The molecule has 1 atom stereocenters. The van der Waals surface area contributed by atoms with Crippen LogP contribution in [0.5, 0.6) is 0 Å². The molecule has 0 spiro atoms. The number of nitrogens with one attached hydrogen (secondary N) is 1. The van der Waals surface area contributed by atoms with Gasteiger partial charge in [-0.15, -0.1) is 10.2 Å². The number of carbonyl (C=O) groups excluding carboxylic acids is 1. The van der Waals surface area contributed by atoms with E-state index in [4.69, 9.17) is 0 Å². The van der Waals surface area contributed by atoms with E-state index in [1.807, 2.05) is 20.8 Å². The predicted octanol–water partition coefficient (Wildman–Crippen LogP) is 1.98. The maximum Gasteiger partial charge on any atom is 0.296 e. The number of aromatic nitrogens is 2. The van der Waals surface area contributed by atoms with E-state index in [0.717, 1.165) is 5.56 Å². The SMILES string of the molecule is CC(C)(C)C(=O)N1Cc2nnc(=O)c3cc(F)cc4c3c2C(C1)N4. The van der Waals surface area contributed by atoms with Crippen LogP contribution >= 0.6 is 0 Å². The zero-order valence-corrected chi connectivity index (χ0v) is 13.7. The van der Waals surface area contributed by atoms with Gasteiger partial charge in [-0.05, 0) is 12.1 Å². The number of benzene rings is 1. The molecule has 6 nitrogen and oxygen atoms in total. The van der Waals surface area contributed by atoms with Crippen molar-refractivity contribution in [1.82, 2.24) is 15.1 Å². The van der Waals surface area contributed by atoms with E-state index in [-0.39, 0.29) is 17.3 Å². The van der Waals surface area contributed by atoms with E-state index >= 15 is 0 Å². The second-order valence-electron chi connectivity index (χ2n) is 7.37. The van der Waals surface area contributed by atoms with E-state index in [2.05, 4.69) is 15.5 Å². The van der Waals surface area contributed by atoms with Gasteiger partial charge in [0.15, 0.2) is 0 Å². The summed E-state index contributed by atoms with van der Waals surface area (Å²) in [6, 6.07) is 2.36. The fourth-order valence-electron chi connectivity index (χ4n) is 3.52. The topological polar surface area (TPSA) is 75.2 Å².